The van der Waals surface area contributed by atoms with Gasteiger partial charge in [0.15, 0.2) is 0 Å². The minimum atomic E-state index is -3.80. The van der Waals surface area contributed by atoms with E-state index in [1.807, 2.05) is 0 Å². The maximum Gasteiger partial charge on any atom is 0.337 e. The highest BCUT2D eigenvalue weighted by Gasteiger charge is 2.29. The zero-order chi connectivity index (χ0) is 21.0. The fourth-order valence-electron chi connectivity index (χ4n) is 3.04. The number of rotatable bonds is 6. The molecule has 0 amide bonds. The largest absolute Gasteiger partial charge is 0.465 e. The number of nitro benzene ring substituents is 1. The maximum atomic E-state index is 12.8. The van der Waals surface area contributed by atoms with Crippen LogP contribution in [0.25, 0.3) is 0 Å². The fourth-order valence-corrected chi connectivity index (χ4v) is 4.58. The van der Waals surface area contributed by atoms with Gasteiger partial charge in [-0.25, -0.2) is 13.2 Å². The van der Waals surface area contributed by atoms with Gasteiger partial charge >= 0.3 is 11.7 Å². The monoisotopic (exact) mass is 420 g/mol. The predicted molar refractivity (Wildman–Crippen MR) is 104 cm³/mol. The van der Waals surface area contributed by atoms with Gasteiger partial charge in [-0.2, -0.15) is 4.31 Å². The van der Waals surface area contributed by atoms with Crippen molar-refractivity contribution in [3.05, 3.63) is 58.1 Å². The number of ether oxygens (including phenoxy) is 2. The third kappa shape index (κ3) is 4.54. The Hall–Kier alpha value is -2.98. The summed E-state index contributed by atoms with van der Waals surface area (Å²) in [5, 5.41) is 11.5. The highest BCUT2D eigenvalue weighted by molar-refractivity contribution is 7.89. The van der Waals surface area contributed by atoms with E-state index in [4.69, 9.17) is 4.74 Å². The molecule has 0 N–H and O–H groups in total. The van der Waals surface area contributed by atoms with Gasteiger partial charge in [-0.15, -0.1) is 0 Å². The molecule has 2 aromatic rings. The van der Waals surface area contributed by atoms with Crippen molar-refractivity contribution in [2.24, 2.45) is 0 Å². The van der Waals surface area contributed by atoms with Crippen LogP contribution in [0.15, 0.2) is 47.4 Å². The van der Waals surface area contributed by atoms with Crippen LogP contribution in [0.4, 0.5) is 5.69 Å². The van der Waals surface area contributed by atoms with Crippen molar-refractivity contribution in [3.63, 3.8) is 0 Å². The quantitative estimate of drug-likeness (QED) is 0.400. The molecule has 0 saturated carbocycles. The van der Waals surface area contributed by atoms with Crippen LogP contribution in [0.5, 0.6) is 11.5 Å². The lowest BCUT2D eigenvalue weighted by molar-refractivity contribution is -0.385. The molecule has 1 saturated heterocycles. The summed E-state index contributed by atoms with van der Waals surface area (Å²) >= 11 is 0. The van der Waals surface area contributed by atoms with Crippen LogP contribution in [0, 0.1) is 10.1 Å². The van der Waals surface area contributed by atoms with Crippen molar-refractivity contribution < 1.29 is 27.6 Å². The van der Waals surface area contributed by atoms with Gasteiger partial charge in [0.05, 0.1) is 22.5 Å². The van der Waals surface area contributed by atoms with Crippen LogP contribution in [-0.2, 0) is 14.8 Å². The molecule has 0 radical (unpaired) electrons. The fraction of sp³-hybridized carbons (Fsp3) is 0.316. The number of piperidine rings is 1. The van der Waals surface area contributed by atoms with Gasteiger partial charge < -0.3 is 9.47 Å². The van der Waals surface area contributed by atoms with E-state index in [2.05, 4.69) is 4.74 Å². The average molecular weight is 420 g/mol. The number of hydrogen-bond donors (Lipinski definition) is 0. The second-order valence-electron chi connectivity index (χ2n) is 6.47. The molecule has 10 heteroatoms. The Morgan fingerprint density at radius 3 is 2.31 bits per heavy atom. The molecule has 0 spiro atoms. The molecule has 0 unspecified atom stereocenters. The number of esters is 1. The molecule has 29 heavy (non-hydrogen) atoms. The molecule has 3 rings (SSSR count). The van der Waals surface area contributed by atoms with E-state index in [1.165, 1.54) is 47.8 Å². The van der Waals surface area contributed by atoms with E-state index < -0.39 is 26.6 Å². The second kappa shape index (κ2) is 8.58. The number of hydrogen-bond acceptors (Lipinski definition) is 7. The lowest BCUT2D eigenvalue weighted by Gasteiger charge is -2.25. The van der Waals surface area contributed by atoms with Crippen molar-refractivity contribution in [2.75, 3.05) is 20.2 Å². The lowest BCUT2D eigenvalue weighted by atomic mass is 10.2. The van der Waals surface area contributed by atoms with Gasteiger partial charge in [0, 0.05) is 19.2 Å². The van der Waals surface area contributed by atoms with Crippen molar-refractivity contribution in [1.29, 1.82) is 0 Å². The first-order valence-corrected chi connectivity index (χ1v) is 10.4. The molecule has 0 aromatic heterocycles. The Balaban J connectivity index is 1.88. The zero-order valence-electron chi connectivity index (χ0n) is 15.7. The molecular formula is C19H20N2O7S. The maximum absolute atomic E-state index is 12.8. The highest BCUT2D eigenvalue weighted by atomic mass is 32.2. The molecule has 1 heterocycles. The van der Waals surface area contributed by atoms with Gasteiger partial charge in [-0.05, 0) is 49.2 Å². The van der Waals surface area contributed by atoms with Crippen molar-refractivity contribution >= 4 is 21.7 Å². The van der Waals surface area contributed by atoms with E-state index in [1.54, 1.807) is 0 Å². The lowest BCUT2D eigenvalue weighted by Crippen LogP contribution is -2.35. The third-order valence-corrected chi connectivity index (χ3v) is 6.48. The Kier molecular flexibility index (Phi) is 6.14. The summed E-state index contributed by atoms with van der Waals surface area (Å²) in [5.41, 5.74) is -0.155. The summed E-state index contributed by atoms with van der Waals surface area (Å²) in [5.74, 6) is -0.361. The summed E-state index contributed by atoms with van der Waals surface area (Å²) in [6.45, 7) is 0.807. The van der Waals surface area contributed by atoms with E-state index in [9.17, 15) is 23.3 Å². The van der Waals surface area contributed by atoms with Gasteiger partial charge in [0.25, 0.3) is 0 Å². The smallest absolute Gasteiger partial charge is 0.337 e. The first kappa shape index (κ1) is 20.7. The molecule has 154 valence electrons. The number of carbonyl (C=O) groups excluding carboxylic acids is 1. The van der Waals surface area contributed by atoms with Crippen molar-refractivity contribution in [1.82, 2.24) is 4.31 Å². The molecule has 1 aliphatic heterocycles. The molecule has 0 atom stereocenters. The van der Waals surface area contributed by atoms with Gasteiger partial charge in [0.2, 0.25) is 15.8 Å². The van der Waals surface area contributed by atoms with Crippen LogP contribution in [0.2, 0.25) is 0 Å². The first-order chi connectivity index (χ1) is 13.8. The number of sulfonamides is 1. The number of benzene rings is 2. The third-order valence-electron chi connectivity index (χ3n) is 4.58. The normalized spacial score (nSPS) is 14.9. The van der Waals surface area contributed by atoms with Gasteiger partial charge in [0.1, 0.15) is 5.75 Å². The van der Waals surface area contributed by atoms with E-state index in [-0.39, 0.29) is 16.4 Å². The highest BCUT2D eigenvalue weighted by Crippen LogP contribution is 2.34. The van der Waals surface area contributed by atoms with Gasteiger partial charge in [-0.1, -0.05) is 6.42 Å². The molecule has 9 nitrogen and oxygen atoms in total. The second-order valence-corrected chi connectivity index (χ2v) is 8.41. The summed E-state index contributed by atoms with van der Waals surface area (Å²) in [4.78, 5) is 22.2. The van der Waals surface area contributed by atoms with Crippen LogP contribution in [0.1, 0.15) is 29.6 Å². The summed E-state index contributed by atoms with van der Waals surface area (Å²) in [6, 6.07) is 9.44. The Labute approximate surface area is 168 Å². The molecule has 1 fully saturated rings. The summed E-state index contributed by atoms with van der Waals surface area (Å²) in [6.07, 6.45) is 2.50. The Bertz CT molecular complexity index is 1010. The standard InChI is InChI=1S/C19H20N2O7S/c1-27-19(22)14-5-7-15(8-6-14)28-18-10-9-16(13-17(18)21(23)24)29(25,26)20-11-3-2-4-12-20/h5-10,13H,2-4,11-12H2,1H3. The Morgan fingerprint density at radius 2 is 1.72 bits per heavy atom. The van der Waals surface area contributed by atoms with Crippen molar-refractivity contribution in [2.45, 2.75) is 24.2 Å². The van der Waals surface area contributed by atoms with Crippen LogP contribution < -0.4 is 4.74 Å². The molecule has 1 aliphatic rings. The number of carbonyl (C=O) groups is 1. The number of nitro groups is 1. The van der Waals surface area contributed by atoms with Crippen molar-refractivity contribution in [3.8, 4) is 11.5 Å². The van der Waals surface area contributed by atoms with Crippen LogP contribution in [0.3, 0.4) is 0 Å². The minimum absolute atomic E-state index is 0.0987. The SMILES string of the molecule is COC(=O)c1ccc(Oc2ccc(S(=O)(=O)N3CCCCC3)cc2[N+](=O)[O-])cc1. The summed E-state index contributed by atoms with van der Waals surface area (Å²) in [7, 11) is -2.54. The zero-order valence-corrected chi connectivity index (χ0v) is 16.6. The first-order valence-electron chi connectivity index (χ1n) is 8.98. The summed E-state index contributed by atoms with van der Waals surface area (Å²) < 4.78 is 37.1. The van der Waals surface area contributed by atoms with E-state index >= 15 is 0 Å². The number of nitrogens with zero attached hydrogens (tertiary/aromatic N) is 2. The molecule has 2 aromatic carbocycles. The molecular weight excluding hydrogens is 400 g/mol. The minimum Gasteiger partial charge on any atom is -0.465 e. The molecule has 0 bridgehead atoms. The predicted octanol–water partition coefficient (Wildman–Crippen LogP) is 3.35. The Morgan fingerprint density at radius 1 is 1.07 bits per heavy atom. The topological polar surface area (TPSA) is 116 Å². The molecule has 0 aliphatic carbocycles. The van der Waals surface area contributed by atoms with E-state index in [0.717, 1.165) is 25.3 Å². The van der Waals surface area contributed by atoms with Crippen LogP contribution in [-0.4, -0.2) is 43.8 Å². The van der Waals surface area contributed by atoms with Crippen LogP contribution >= 0.6 is 0 Å². The van der Waals surface area contributed by atoms with Gasteiger partial charge in [-0.3, -0.25) is 10.1 Å². The average Bonchev–Trinajstić information content (AvgIpc) is 2.74. The number of methoxy groups -OCH3 is 1. The van der Waals surface area contributed by atoms with E-state index in [0.29, 0.717) is 18.7 Å².